The fourth-order valence-corrected chi connectivity index (χ4v) is 2.43. The number of carbonyl (C=O) groups excluding carboxylic acids is 1. The lowest BCUT2D eigenvalue weighted by Crippen LogP contribution is -2.14. The van der Waals surface area contributed by atoms with Crippen molar-refractivity contribution in [3.8, 4) is 11.8 Å². The summed E-state index contributed by atoms with van der Waals surface area (Å²) in [4.78, 5) is 12.1. The lowest BCUT2D eigenvalue weighted by Gasteiger charge is -2.06. The topological polar surface area (TPSA) is 134 Å². The van der Waals surface area contributed by atoms with Crippen LogP contribution >= 0.6 is 0 Å². The van der Waals surface area contributed by atoms with E-state index in [2.05, 4.69) is 10.6 Å². The van der Waals surface area contributed by atoms with E-state index in [1.165, 1.54) is 37.6 Å². The third kappa shape index (κ3) is 5.07. The maximum atomic E-state index is 12.1. The average molecular weight is 372 g/mol. The number of nitrogens with one attached hydrogen (secondary N) is 2. The zero-order chi connectivity index (χ0) is 19.2. The molecule has 134 valence electrons. The van der Waals surface area contributed by atoms with Crippen LogP contribution in [0.1, 0.15) is 0 Å². The minimum Gasteiger partial charge on any atom is -0.497 e. The maximum absolute atomic E-state index is 12.1. The van der Waals surface area contributed by atoms with E-state index < -0.39 is 15.9 Å². The molecule has 0 aliphatic heterocycles. The molecule has 8 nitrogen and oxygen atoms in total. The first-order chi connectivity index (χ1) is 12.3. The molecular weight excluding hydrogens is 356 g/mol. The second kappa shape index (κ2) is 8.15. The molecule has 26 heavy (non-hydrogen) atoms. The number of amides is 1. The number of carbonyl (C=O) groups is 1. The van der Waals surface area contributed by atoms with Gasteiger partial charge in [0.1, 0.15) is 17.4 Å². The Hall–Kier alpha value is -3.35. The molecule has 0 saturated heterocycles. The van der Waals surface area contributed by atoms with Crippen molar-refractivity contribution in [3.63, 3.8) is 0 Å². The number of rotatable bonds is 6. The molecule has 0 atom stereocenters. The molecule has 2 aromatic carbocycles. The normalized spacial score (nSPS) is 11.3. The van der Waals surface area contributed by atoms with Gasteiger partial charge < -0.3 is 15.4 Å². The fraction of sp³-hybridized carbons (Fsp3) is 0.0588. The monoisotopic (exact) mass is 372 g/mol. The molecule has 0 fully saturated rings. The molecule has 9 heteroatoms. The Bertz CT molecular complexity index is 959. The van der Waals surface area contributed by atoms with Gasteiger partial charge in [-0.2, -0.15) is 5.26 Å². The van der Waals surface area contributed by atoms with Gasteiger partial charge in [-0.25, -0.2) is 13.6 Å². The second-order valence-electron chi connectivity index (χ2n) is 5.07. The SMILES string of the molecule is COc1ccc(NC(=O)/C(C#N)=C\Nc2ccc(S(N)(=O)=O)cc2)cc1. The Morgan fingerprint density at radius 3 is 2.19 bits per heavy atom. The molecule has 4 N–H and O–H groups in total. The molecule has 1 amide bonds. The summed E-state index contributed by atoms with van der Waals surface area (Å²) in [6.45, 7) is 0. The van der Waals surface area contributed by atoms with Crippen LogP contribution in [-0.4, -0.2) is 21.4 Å². The number of nitriles is 1. The molecule has 2 rings (SSSR count). The molecule has 0 aromatic heterocycles. The number of benzene rings is 2. The number of hydrogen-bond donors (Lipinski definition) is 3. The van der Waals surface area contributed by atoms with E-state index in [1.54, 1.807) is 30.3 Å². The van der Waals surface area contributed by atoms with Crippen molar-refractivity contribution < 1.29 is 17.9 Å². The van der Waals surface area contributed by atoms with Crippen LogP contribution in [0.3, 0.4) is 0 Å². The third-order valence-electron chi connectivity index (χ3n) is 3.28. The molecule has 0 unspecified atom stereocenters. The van der Waals surface area contributed by atoms with Crippen LogP contribution in [0, 0.1) is 11.3 Å². The summed E-state index contributed by atoms with van der Waals surface area (Å²) in [6, 6.07) is 14.0. The number of sulfonamides is 1. The smallest absolute Gasteiger partial charge is 0.267 e. The highest BCUT2D eigenvalue weighted by Gasteiger charge is 2.10. The summed E-state index contributed by atoms with van der Waals surface area (Å²) in [5, 5.41) is 19.5. The quantitative estimate of drug-likeness (QED) is 0.523. The van der Waals surface area contributed by atoms with Gasteiger partial charge in [0.25, 0.3) is 5.91 Å². The van der Waals surface area contributed by atoms with E-state index in [1.807, 2.05) is 0 Å². The first kappa shape index (κ1) is 19.0. The zero-order valence-corrected chi connectivity index (χ0v) is 14.6. The fourth-order valence-electron chi connectivity index (χ4n) is 1.92. The van der Waals surface area contributed by atoms with Crippen molar-refractivity contribution in [1.29, 1.82) is 5.26 Å². The van der Waals surface area contributed by atoms with Gasteiger partial charge in [0.05, 0.1) is 12.0 Å². The highest BCUT2D eigenvalue weighted by Crippen LogP contribution is 2.16. The number of primary sulfonamides is 1. The van der Waals surface area contributed by atoms with Crippen LogP contribution in [0.25, 0.3) is 0 Å². The number of anilines is 2. The summed E-state index contributed by atoms with van der Waals surface area (Å²) in [5.41, 5.74) is 0.841. The molecule has 0 aliphatic rings. The summed E-state index contributed by atoms with van der Waals surface area (Å²) < 4.78 is 27.4. The van der Waals surface area contributed by atoms with Crippen molar-refractivity contribution in [2.24, 2.45) is 5.14 Å². The Balaban J connectivity index is 2.06. The van der Waals surface area contributed by atoms with Gasteiger partial charge in [0.2, 0.25) is 10.0 Å². The van der Waals surface area contributed by atoms with E-state index >= 15 is 0 Å². The number of hydrogen-bond acceptors (Lipinski definition) is 6. The van der Waals surface area contributed by atoms with Crippen molar-refractivity contribution in [1.82, 2.24) is 0 Å². The van der Waals surface area contributed by atoms with Gasteiger partial charge in [-0.3, -0.25) is 4.79 Å². The summed E-state index contributed by atoms with van der Waals surface area (Å²) in [5.74, 6) is 0.0509. The number of nitrogens with zero attached hydrogens (tertiary/aromatic N) is 1. The maximum Gasteiger partial charge on any atom is 0.267 e. The van der Waals surface area contributed by atoms with Crippen LogP contribution in [0.4, 0.5) is 11.4 Å². The van der Waals surface area contributed by atoms with E-state index in [-0.39, 0.29) is 10.5 Å². The zero-order valence-electron chi connectivity index (χ0n) is 13.8. The van der Waals surface area contributed by atoms with Crippen LogP contribution in [0.15, 0.2) is 65.2 Å². The average Bonchev–Trinajstić information content (AvgIpc) is 2.62. The van der Waals surface area contributed by atoms with Crippen molar-refractivity contribution >= 4 is 27.3 Å². The molecule has 0 spiro atoms. The molecular formula is C17H16N4O4S. The predicted octanol–water partition coefficient (Wildman–Crippen LogP) is 1.80. The molecule has 0 saturated carbocycles. The van der Waals surface area contributed by atoms with Gasteiger partial charge in [-0.05, 0) is 48.5 Å². The van der Waals surface area contributed by atoms with Crippen molar-refractivity contribution in [3.05, 3.63) is 60.3 Å². The van der Waals surface area contributed by atoms with Crippen molar-refractivity contribution in [2.45, 2.75) is 4.90 Å². The van der Waals surface area contributed by atoms with Gasteiger partial charge >= 0.3 is 0 Å². The Kier molecular flexibility index (Phi) is 5.95. The van der Waals surface area contributed by atoms with Gasteiger partial charge in [0.15, 0.2) is 0 Å². The molecule has 0 bridgehead atoms. The van der Waals surface area contributed by atoms with E-state index in [9.17, 15) is 13.2 Å². The predicted molar refractivity (Wildman–Crippen MR) is 96.8 cm³/mol. The number of ether oxygens (including phenoxy) is 1. The van der Waals surface area contributed by atoms with Crippen LogP contribution < -0.4 is 20.5 Å². The van der Waals surface area contributed by atoms with Crippen LogP contribution in [-0.2, 0) is 14.8 Å². The first-order valence-corrected chi connectivity index (χ1v) is 8.83. The largest absolute Gasteiger partial charge is 0.497 e. The minimum absolute atomic E-state index is 0.0372. The second-order valence-corrected chi connectivity index (χ2v) is 6.63. The standard InChI is InChI=1S/C17H16N4O4S/c1-25-15-6-2-14(3-7-15)21-17(22)12(10-18)11-20-13-4-8-16(9-5-13)26(19,23)24/h2-9,11,20H,1H3,(H,21,22)(H2,19,23,24)/b12-11-. The van der Waals surface area contributed by atoms with Crippen LogP contribution in [0.5, 0.6) is 5.75 Å². The van der Waals surface area contributed by atoms with E-state index in [0.717, 1.165) is 0 Å². The molecule has 2 aromatic rings. The number of nitrogens with two attached hydrogens (primary N) is 1. The Morgan fingerprint density at radius 1 is 1.12 bits per heavy atom. The van der Waals surface area contributed by atoms with Gasteiger partial charge in [0, 0.05) is 17.6 Å². The van der Waals surface area contributed by atoms with Gasteiger partial charge in [-0.15, -0.1) is 0 Å². The molecule has 0 aliphatic carbocycles. The van der Waals surface area contributed by atoms with Crippen LogP contribution in [0.2, 0.25) is 0 Å². The van der Waals surface area contributed by atoms with Crippen molar-refractivity contribution in [2.75, 3.05) is 17.7 Å². The Labute approximate surface area is 150 Å². The lowest BCUT2D eigenvalue weighted by molar-refractivity contribution is -0.112. The summed E-state index contributed by atoms with van der Waals surface area (Å²) >= 11 is 0. The number of methoxy groups -OCH3 is 1. The lowest BCUT2D eigenvalue weighted by atomic mass is 10.2. The summed E-state index contributed by atoms with van der Waals surface area (Å²) in [6.07, 6.45) is 1.23. The van der Waals surface area contributed by atoms with E-state index in [4.69, 9.17) is 15.1 Å². The minimum atomic E-state index is -3.78. The summed E-state index contributed by atoms with van der Waals surface area (Å²) in [7, 11) is -2.24. The highest BCUT2D eigenvalue weighted by atomic mass is 32.2. The molecule has 0 heterocycles. The first-order valence-electron chi connectivity index (χ1n) is 7.28. The van der Waals surface area contributed by atoms with Gasteiger partial charge in [-0.1, -0.05) is 0 Å². The molecule has 0 radical (unpaired) electrons. The van der Waals surface area contributed by atoms with E-state index in [0.29, 0.717) is 17.1 Å². The third-order valence-corrected chi connectivity index (χ3v) is 4.21. The highest BCUT2D eigenvalue weighted by molar-refractivity contribution is 7.89. The Morgan fingerprint density at radius 2 is 1.69 bits per heavy atom.